The fourth-order valence-corrected chi connectivity index (χ4v) is 3.92. The first kappa shape index (κ1) is 12.2. The van der Waals surface area contributed by atoms with Gasteiger partial charge in [0.2, 0.25) is 0 Å². The van der Waals surface area contributed by atoms with Crippen LogP contribution in [-0.4, -0.2) is 0 Å². The van der Waals surface area contributed by atoms with Crippen molar-refractivity contribution in [3.05, 3.63) is 11.6 Å². The van der Waals surface area contributed by atoms with E-state index in [1.807, 2.05) is 0 Å². The van der Waals surface area contributed by atoms with Gasteiger partial charge in [0.15, 0.2) is 0 Å². The van der Waals surface area contributed by atoms with Crippen LogP contribution in [0.2, 0.25) is 0 Å². The predicted octanol–water partition coefficient (Wildman–Crippen LogP) is 5.20. The molecule has 0 amide bonds. The van der Waals surface area contributed by atoms with E-state index in [0.29, 0.717) is 10.8 Å². The van der Waals surface area contributed by atoms with Crippen LogP contribution in [0.3, 0.4) is 0 Å². The number of hydrogen-bond acceptors (Lipinski definition) is 0. The van der Waals surface area contributed by atoms with Crippen molar-refractivity contribution in [3.8, 4) is 0 Å². The molecule has 1 saturated carbocycles. The molecule has 0 aromatic rings. The fourth-order valence-electron chi connectivity index (χ4n) is 3.92. The van der Waals surface area contributed by atoms with Crippen LogP contribution in [0.25, 0.3) is 0 Å². The number of rotatable bonds is 3. The Balaban J connectivity index is 2.18. The van der Waals surface area contributed by atoms with Gasteiger partial charge in [0.05, 0.1) is 0 Å². The number of hydrogen-bond donors (Lipinski definition) is 0. The van der Waals surface area contributed by atoms with E-state index in [0.717, 1.165) is 11.8 Å². The largest absolute Gasteiger partial charge is 0.0845 e. The summed E-state index contributed by atoms with van der Waals surface area (Å²) in [6.07, 6.45) is 9.51. The average Bonchev–Trinajstić information content (AvgIpc) is 2.36. The van der Waals surface area contributed by atoms with Crippen LogP contribution in [0.5, 0.6) is 0 Å². The smallest absolute Gasteiger partial charge is 0.00624 e. The maximum atomic E-state index is 2.59. The van der Waals surface area contributed by atoms with E-state index < -0.39 is 0 Å². The van der Waals surface area contributed by atoms with Crippen molar-refractivity contribution in [1.82, 2.24) is 0 Å². The van der Waals surface area contributed by atoms with Crippen LogP contribution < -0.4 is 0 Å². The Kier molecular flexibility index (Phi) is 2.97. The fraction of sp³-hybridized carbons (Fsp3) is 0.875. The molecule has 0 saturated heterocycles. The quantitative estimate of drug-likeness (QED) is 0.574. The topological polar surface area (TPSA) is 0 Å². The third-order valence-electron chi connectivity index (χ3n) is 5.78. The van der Waals surface area contributed by atoms with Crippen molar-refractivity contribution in [2.45, 2.75) is 66.7 Å². The Bertz CT molecular complexity index is 295. The van der Waals surface area contributed by atoms with Gasteiger partial charge in [-0.25, -0.2) is 0 Å². The first-order valence-corrected chi connectivity index (χ1v) is 7.07. The molecule has 16 heavy (non-hydrogen) atoms. The van der Waals surface area contributed by atoms with Gasteiger partial charge in [0, 0.05) is 0 Å². The molecule has 0 heteroatoms. The normalized spacial score (nSPS) is 36.6. The minimum absolute atomic E-state index is 0.505. The predicted molar refractivity (Wildman–Crippen MR) is 71.4 cm³/mol. The van der Waals surface area contributed by atoms with Gasteiger partial charge in [-0.3, -0.25) is 0 Å². The molecule has 2 bridgehead atoms. The molecule has 2 atom stereocenters. The van der Waals surface area contributed by atoms with Crippen LogP contribution in [0.4, 0.5) is 0 Å². The van der Waals surface area contributed by atoms with E-state index in [4.69, 9.17) is 0 Å². The second-order valence-corrected chi connectivity index (χ2v) is 7.19. The SMILES string of the molecule is CC(C)CCC1=CCC2CCC1(C)C2(C)C. The maximum absolute atomic E-state index is 2.59. The highest BCUT2D eigenvalue weighted by Gasteiger charge is 2.54. The van der Waals surface area contributed by atoms with Gasteiger partial charge in [-0.05, 0) is 54.8 Å². The Labute approximate surface area is 102 Å². The molecule has 0 aromatic carbocycles. The van der Waals surface area contributed by atoms with Gasteiger partial charge in [0.25, 0.3) is 0 Å². The Hall–Kier alpha value is -0.260. The zero-order valence-corrected chi connectivity index (χ0v) is 11.8. The van der Waals surface area contributed by atoms with Gasteiger partial charge in [-0.15, -0.1) is 0 Å². The molecule has 2 rings (SSSR count). The molecule has 0 aliphatic heterocycles. The first-order chi connectivity index (χ1) is 7.38. The summed E-state index contributed by atoms with van der Waals surface area (Å²) in [6.45, 7) is 12.2. The highest BCUT2D eigenvalue weighted by molar-refractivity contribution is 5.26. The molecule has 2 unspecified atom stereocenters. The summed E-state index contributed by atoms with van der Waals surface area (Å²) in [5.74, 6) is 1.78. The van der Waals surface area contributed by atoms with Crippen LogP contribution in [0, 0.1) is 22.7 Å². The van der Waals surface area contributed by atoms with Crippen molar-refractivity contribution >= 4 is 0 Å². The molecule has 92 valence electrons. The monoisotopic (exact) mass is 220 g/mol. The Morgan fingerprint density at radius 2 is 2.00 bits per heavy atom. The highest BCUT2D eigenvalue weighted by Crippen LogP contribution is 2.63. The molecular weight excluding hydrogens is 192 g/mol. The summed E-state index contributed by atoms with van der Waals surface area (Å²) in [7, 11) is 0. The molecule has 0 aromatic heterocycles. The van der Waals surface area contributed by atoms with Gasteiger partial charge in [-0.1, -0.05) is 46.3 Å². The van der Waals surface area contributed by atoms with Crippen LogP contribution in [0.15, 0.2) is 11.6 Å². The molecule has 0 N–H and O–H groups in total. The molecule has 1 fully saturated rings. The van der Waals surface area contributed by atoms with Crippen LogP contribution in [-0.2, 0) is 0 Å². The average molecular weight is 220 g/mol. The van der Waals surface area contributed by atoms with Crippen molar-refractivity contribution in [2.24, 2.45) is 22.7 Å². The number of fused-ring (bicyclic) bond motifs is 2. The minimum atomic E-state index is 0.505. The highest BCUT2D eigenvalue weighted by atomic mass is 14.6. The second kappa shape index (κ2) is 3.89. The van der Waals surface area contributed by atoms with Crippen LogP contribution >= 0.6 is 0 Å². The van der Waals surface area contributed by atoms with Gasteiger partial charge >= 0.3 is 0 Å². The summed E-state index contributed by atoms with van der Waals surface area (Å²) < 4.78 is 0. The van der Waals surface area contributed by atoms with Gasteiger partial charge in [-0.2, -0.15) is 0 Å². The molecular formula is C16H28. The summed E-state index contributed by atoms with van der Waals surface area (Å²) in [5.41, 5.74) is 2.82. The van der Waals surface area contributed by atoms with Crippen molar-refractivity contribution in [1.29, 1.82) is 0 Å². The summed E-state index contributed by atoms with van der Waals surface area (Å²) in [5, 5.41) is 0. The van der Waals surface area contributed by atoms with E-state index in [1.165, 1.54) is 32.1 Å². The van der Waals surface area contributed by atoms with E-state index in [2.05, 4.69) is 40.7 Å². The third-order valence-corrected chi connectivity index (χ3v) is 5.78. The van der Waals surface area contributed by atoms with Crippen molar-refractivity contribution in [3.63, 3.8) is 0 Å². The lowest BCUT2D eigenvalue weighted by molar-refractivity contribution is 0.107. The van der Waals surface area contributed by atoms with Crippen molar-refractivity contribution in [2.75, 3.05) is 0 Å². The van der Waals surface area contributed by atoms with E-state index in [1.54, 1.807) is 5.57 Å². The van der Waals surface area contributed by atoms with E-state index in [9.17, 15) is 0 Å². The molecule has 0 spiro atoms. The summed E-state index contributed by atoms with van der Waals surface area (Å²) in [4.78, 5) is 0. The zero-order chi connectivity index (χ0) is 12.0. The summed E-state index contributed by atoms with van der Waals surface area (Å²) in [6, 6.07) is 0. The first-order valence-electron chi connectivity index (χ1n) is 7.07. The molecule has 0 radical (unpaired) electrons. The molecule has 0 heterocycles. The lowest BCUT2D eigenvalue weighted by atomic mass is 9.58. The van der Waals surface area contributed by atoms with Crippen LogP contribution in [0.1, 0.15) is 66.7 Å². The summed E-state index contributed by atoms with van der Waals surface area (Å²) >= 11 is 0. The van der Waals surface area contributed by atoms with Gasteiger partial charge < -0.3 is 0 Å². The standard InChI is InChI=1S/C16H28/c1-12(2)6-7-14-9-8-13-10-11-16(14,5)15(13,3)4/h9,12-13H,6-8,10-11H2,1-5H3. The van der Waals surface area contributed by atoms with Gasteiger partial charge in [0.1, 0.15) is 0 Å². The molecule has 2 aliphatic rings. The maximum Gasteiger partial charge on any atom is -0.00624 e. The van der Waals surface area contributed by atoms with E-state index in [-0.39, 0.29) is 0 Å². The Morgan fingerprint density at radius 1 is 1.31 bits per heavy atom. The van der Waals surface area contributed by atoms with E-state index >= 15 is 0 Å². The lowest BCUT2D eigenvalue weighted by Crippen LogP contribution is -2.38. The molecule has 2 aliphatic carbocycles. The lowest BCUT2D eigenvalue weighted by Gasteiger charge is -2.47. The molecule has 0 nitrogen and oxygen atoms in total. The zero-order valence-electron chi connectivity index (χ0n) is 11.8. The number of allylic oxidation sites excluding steroid dienone is 2. The second-order valence-electron chi connectivity index (χ2n) is 7.19. The Morgan fingerprint density at radius 3 is 2.62 bits per heavy atom. The third kappa shape index (κ3) is 1.65. The minimum Gasteiger partial charge on any atom is -0.0845 e. The van der Waals surface area contributed by atoms with Crippen molar-refractivity contribution < 1.29 is 0 Å².